The quantitative estimate of drug-likeness (QED) is 0.428. The second-order valence-electron chi connectivity index (χ2n) is 8.02. The van der Waals surface area contributed by atoms with Gasteiger partial charge in [-0.15, -0.1) is 0 Å². The molecular weight excluding hydrogens is 336 g/mol. The fraction of sp³-hybridized carbons (Fsp3) is 0.391. The van der Waals surface area contributed by atoms with Gasteiger partial charge >= 0.3 is 0 Å². The van der Waals surface area contributed by atoms with Crippen molar-refractivity contribution in [1.82, 2.24) is 0 Å². The number of aliphatic hydroxyl groups is 1. The average Bonchev–Trinajstić information content (AvgIpc) is 2.62. The van der Waals surface area contributed by atoms with Crippen LogP contribution in [0.5, 0.6) is 0 Å². The summed E-state index contributed by atoms with van der Waals surface area (Å²) in [7, 11) is -2.45. The molecule has 3 heteroatoms. The lowest BCUT2D eigenvalue weighted by Crippen LogP contribution is -2.66. The third kappa shape index (κ3) is 4.53. The summed E-state index contributed by atoms with van der Waals surface area (Å²) < 4.78 is 6.79. The molecule has 1 atom stereocenters. The molecule has 2 aromatic rings. The Balaban J connectivity index is 2.36. The Morgan fingerprint density at radius 1 is 1.00 bits per heavy atom. The highest BCUT2D eigenvalue weighted by atomic mass is 28.4. The van der Waals surface area contributed by atoms with Crippen molar-refractivity contribution in [3.05, 3.63) is 72.8 Å². The van der Waals surface area contributed by atoms with Crippen LogP contribution in [0.1, 0.15) is 40.5 Å². The summed E-state index contributed by atoms with van der Waals surface area (Å²) in [4.78, 5) is 0. The second kappa shape index (κ2) is 8.80. The smallest absolute Gasteiger partial charge is 0.261 e. The van der Waals surface area contributed by atoms with E-state index in [0.29, 0.717) is 13.0 Å². The van der Waals surface area contributed by atoms with Gasteiger partial charge in [0.15, 0.2) is 0 Å². The maximum atomic E-state index is 10.0. The lowest BCUT2D eigenvalue weighted by atomic mass is 10.1. The van der Waals surface area contributed by atoms with E-state index >= 15 is 0 Å². The normalized spacial score (nSPS) is 13.4. The van der Waals surface area contributed by atoms with Gasteiger partial charge in [-0.05, 0) is 35.2 Å². The van der Waals surface area contributed by atoms with E-state index in [1.807, 2.05) is 6.92 Å². The van der Waals surface area contributed by atoms with Crippen LogP contribution in [0.15, 0.2) is 72.8 Å². The molecule has 1 unspecified atom stereocenters. The highest BCUT2D eigenvalue weighted by Gasteiger charge is 2.49. The third-order valence-electron chi connectivity index (χ3n) is 4.93. The number of hydrogen-bond donors (Lipinski definition) is 1. The molecular formula is C23H32O2Si. The highest BCUT2D eigenvalue weighted by Crippen LogP contribution is 2.36. The first kappa shape index (κ1) is 20.6. The molecule has 2 aromatic carbocycles. The van der Waals surface area contributed by atoms with Crippen molar-refractivity contribution in [3.8, 4) is 0 Å². The van der Waals surface area contributed by atoms with E-state index in [-0.39, 0.29) is 5.04 Å². The molecule has 0 spiro atoms. The molecule has 0 bridgehead atoms. The van der Waals surface area contributed by atoms with Crippen molar-refractivity contribution >= 4 is 18.7 Å². The minimum atomic E-state index is -2.45. The average molecular weight is 369 g/mol. The first-order valence-corrected chi connectivity index (χ1v) is 11.3. The SMILES string of the molecule is C=C(C)C(O)CCCO[Si](c1ccccc1)(c1ccccc1)C(C)(C)C. The number of aliphatic hydroxyl groups excluding tert-OH is 1. The molecule has 0 saturated carbocycles. The zero-order valence-corrected chi connectivity index (χ0v) is 17.5. The summed E-state index contributed by atoms with van der Waals surface area (Å²) in [5.41, 5.74) is 0.815. The van der Waals surface area contributed by atoms with E-state index in [0.717, 1.165) is 12.0 Å². The Hall–Kier alpha value is -1.68. The van der Waals surface area contributed by atoms with Gasteiger partial charge in [0, 0.05) is 6.61 Å². The van der Waals surface area contributed by atoms with Crippen molar-refractivity contribution in [2.45, 2.75) is 51.7 Å². The molecule has 0 aliphatic heterocycles. The molecule has 0 fully saturated rings. The van der Waals surface area contributed by atoms with Gasteiger partial charge in [0.25, 0.3) is 8.32 Å². The van der Waals surface area contributed by atoms with Crippen LogP contribution < -0.4 is 10.4 Å². The van der Waals surface area contributed by atoms with Crippen LogP contribution in [0.25, 0.3) is 0 Å². The van der Waals surface area contributed by atoms with Gasteiger partial charge in [-0.3, -0.25) is 0 Å². The zero-order chi connectivity index (χ0) is 19.2. The molecule has 0 saturated heterocycles. The fourth-order valence-corrected chi connectivity index (χ4v) is 8.12. The van der Waals surface area contributed by atoms with Gasteiger partial charge in [-0.1, -0.05) is 93.6 Å². The van der Waals surface area contributed by atoms with E-state index in [1.54, 1.807) is 0 Å². The van der Waals surface area contributed by atoms with Gasteiger partial charge in [-0.2, -0.15) is 0 Å². The molecule has 0 aliphatic carbocycles. The molecule has 0 radical (unpaired) electrons. The monoisotopic (exact) mass is 368 g/mol. The molecule has 0 heterocycles. The van der Waals surface area contributed by atoms with Crippen molar-refractivity contribution in [3.63, 3.8) is 0 Å². The van der Waals surface area contributed by atoms with Crippen LogP contribution >= 0.6 is 0 Å². The topological polar surface area (TPSA) is 29.5 Å². The fourth-order valence-electron chi connectivity index (χ4n) is 3.51. The summed E-state index contributed by atoms with van der Waals surface area (Å²) >= 11 is 0. The number of hydrogen-bond acceptors (Lipinski definition) is 2. The van der Waals surface area contributed by atoms with E-state index in [2.05, 4.69) is 88.0 Å². The number of rotatable bonds is 8. The summed E-state index contributed by atoms with van der Waals surface area (Å²) in [5, 5.41) is 12.6. The Bertz CT molecular complexity index is 650. The van der Waals surface area contributed by atoms with Crippen LogP contribution in [-0.4, -0.2) is 26.1 Å². The zero-order valence-electron chi connectivity index (χ0n) is 16.5. The van der Waals surface area contributed by atoms with Crippen LogP contribution in [0.4, 0.5) is 0 Å². The largest absolute Gasteiger partial charge is 0.407 e. The van der Waals surface area contributed by atoms with Crippen molar-refractivity contribution < 1.29 is 9.53 Å². The third-order valence-corrected chi connectivity index (χ3v) is 9.97. The first-order chi connectivity index (χ1) is 12.3. The van der Waals surface area contributed by atoms with Crippen LogP contribution in [0.2, 0.25) is 5.04 Å². The van der Waals surface area contributed by atoms with Gasteiger partial charge in [-0.25, -0.2) is 0 Å². The maximum absolute atomic E-state index is 10.0. The molecule has 0 amide bonds. The van der Waals surface area contributed by atoms with Gasteiger partial charge < -0.3 is 9.53 Å². The van der Waals surface area contributed by atoms with Crippen molar-refractivity contribution in [2.75, 3.05) is 6.61 Å². The van der Waals surface area contributed by atoms with E-state index in [4.69, 9.17) is 4.43 Å². The molecule has 0 aliphatic rings. The summed E-state index contributed by atoms with van der Waals surface area (Å²) in [6, 6.07) is 21.3. The molecule has 2 rings (SSSR count). The van der Waals surface area contributed by atoms with Crippen LogP contribution in [0.3, 0.4) is 0 Å². The Morgan fingerprint density at radius 2 is 1.46 bits per heavy atom. The standard InChI is InChI=1S/C23H32O2Si/c1-19(2)22(24)17-12-18-25-26(23(3,4)5,20-13-8-6-9-14-20)21-15-10-7-11-16-21/h6-11,13-16,22,24H,1,12,17-18H2,2-5H3. The predicted octanol–water partition coefficient (Wildman–Crippen LogP) is 4.28. The Kier molecular flexibility index (Phi) is 6.99. The second-order valence-corrected chi connectivity index (χ2v) is 12.3. The molecule has 26 heavy (non-hydrogen) atoms. The molecule has 140 valence electrons. The van der Waals surface area contributed by atoms with E-state index < -0.39 is 14.4 Å². The lowest BCUT2D eigenvalue weighted by Gasteiger charge is -2.43. The molecule has 2 nitrogen and oxygen atoms in total. The van der Waals surface area contributed by atoms with E-state index in [1.165, 1.54) is 10.4 Å². The predicted molar refractivity (Wildman–Crippen MR) is 114 cm³/mol. The van der Waals surface area contributed by atoms with E-state index in [9.17, 15) is 5.11 Å². The van der Waals surface area contributed by atoms with Crippen molar-refractivity contribution in [1.29, 1.82) is 0 Å². The van der Waals surface area contributed by atoms with Crippen LogP contribution in [0, 0.1) is 0 Å². The van der Waals surface area contributed by atoms with Gasteiger partial charge in [0.2, 0.25) is 0 Å². The molecule has 1 N–H and O–H groups in total. The minimum absolute atomic E-state index is 0.0112. The Labute approximate surface area is 159 Å². The van der Waals surface area contributed by atoms with Gasteiger partial charge in [0.1, 0.15) is 0 Å². The van der Waals surface area contributed by atoms with Crippen molar-refractivity contribution in [2.24, 2.45) is 0 Å². The Morgan fingerprint density at radius 3 is 1.85 bits per heavy atom. The highest BCUT2D eigenvalue weighted by molar-refractivity contribution is 6.99. The molecule has 0 aromatic heterocycles. The minimum Gasteiger partial charge on any atom is -0.407 e. The van der Waals surface area contributed by atoms with Gasteiger partial charge in [0.05, 0.1) is 6.10 Å². The summed E-state index contributed by atoms with van der Waals surface area (Å²) in [6.07, 6.45) is 1.06. The number of benzene rings is 2. The summed E-state index contributed by atoms with van der Waals surface area (Å²) in [5.74, 6) is 0. The first-order valence-electron chi connectivity index (χ1n) is 9.37. The van der Waals surface area contributed by atoms with Crippen LogP contribution in [-0.2, 0) is 4.43 Å². The summed E-state index contributed by atoms with van der Waals surface area (Å²) in [6.45, 7) is 13.2. The maximum Gasteiger partial charge on any atom is 0.261 e. The lowest BCUT2D eigenvalue weighted by molar-refractivity contribution is 0.183.